The van der Waals surface area contributed by atoms with E-state index in [4.69, 9.17) is 11.3 Å². The molecule has 1 aliphatic rings. The van der Waals surface area contributed by atoms with E-state index >= 15 is 0 Å². The largest absolute Gasteiger partial charge is 0.546 e. The van der Waals surface area contributed by atoms with E-state index in [9.17, 15) is 10.2 Å². The molecule has 0 aliphatic heterocycles. The predicted octanol–water partition coefficient (Wildman–Crippen LogP) is 3.48. The first-order valence-electron chi connectivity index (χ1n) is 8.92. The molecule has 143 valence electrons. The Kier molecular flexibility index (Phi) is 9.13. The number of aliphatic hydroxyl groups excluding tert-OH is 1. The fraction of sp³-hybridized carbons (Fsp3) is 0.545. The van der Waals surface area contributed by atoms with Crippen LogP contribution in [-0.2, 0) is 43.0 Å². The minimum absolute atomic E-state index is 0. The maximum atomic E-state index is 10.7. The van der Waals surface area contributed by atoms with Crippen LogP contribution in [0.5, 0.6) is 0 Å². The summed E-state index contributed by atoms with van der Waals surface area (Å²) in [5, 5.41) is 21.2. The molecule has 0 aromatic heterocycles. The van der Waals surface area contributed by atoms with E-state index < -0.39 is 11.7 Å². The van der Waals surface area contributed by atoms with Crippen LogP contribution < -0.4 is 0 Å². The standard InChI is InChI=1S/C22H28NO3.Y/c1-14-11-16(12-18(15(14)2)22(3,4)25)21-17(9-7-8-10-26-6)19(23-5)13-20(21)24;/h11-12,17,19-21,24-25H,6,9-10,13H2,1-4H3;/q-1;/t17?,19-,20-,21?;/m1./s1. The van der Waals surface area contributed by atoms with E-state index in [0.717, 1.165) is 22.3 Å². The maximum absolute atomic E-state index is 10.7. The van der Waals surface area contributed by atoms with E-state index in [2.05, 4.69) is 29.9 Å². The summed E-state index contributed by atoms with van der Waals surface area (Å²) in [5.41, 5.74) is 3.01. The number of benzene rings is 1. The Morgan fingerprint density at radius 3 is 2.56 bits per heavy atom. The number of ether oxygens (including phenoxy) is 1. The summed E-state index contributed by atoms with van der Waals surface area (Å²) < 4.78 is 4.71. The van der Waals surface area contributed by atoms with Crippen LogP contribution in [0.25, 0.3) is 4.85 Å². The van der Waals surface area contributed by atoms with Crippen molar-refractivity contribution in [1.29, 1.82) is 0 Å². The topological polar surface area (TPSA) is 54.0 Å². The number of hydrogen-bond acceptors (Lipinski definition) is 3. The molecule has 0 saturated heterocycles. The van der Waals surface area contributed by atoms with E-state index in [0.29, 0.717) is 12.8 Å². The van der Waals surface area contributed by atoms with Crippen molar-refractivity contribution < 1.29 is 47.7 Å². The first kappa shape index (κ1) is 24.3. The normalized spacial score (nSPS) is 24.5. The van der Waals surface area contributed by atoms with E-state index in [1.54, 1.807) is 13.8 Å². The van der Waals surface area contributed by atoms with Gasteiger partial charge in [0.05, 0.1) is 24.2 Å². The molecule has 5 heteroatoms. The van der Waals surface area contributed by atoms with Gasteiger partial charge in [0.25, 0.3) is 0 Å². The van der Waals surface area contributed by atoms with Gasteiger partial charge in [-0.3, -0.25) is 0 Å². The summed E-state index contributed by atoms with van der Waals surface area (Å²) in [6.45, 7) is 15.3. The Morgan fingerprint density at radius 1 is 1.33 bits per heavy atom. The summed E-state index contributed by atoms with van der Waals surface area (Å²) in [4.78, 5) is 3.73. The summed E-state index contributed by atoms with van der Waals surface area (Å²) in [6, 6.07) is 3.81. The van der Waals surface area contributed by atoms with Crippen LogP contribution in [-0.4, -0.2) is 29.0 Å². The second-order valence-corrected chi connectivity index (χ2v) is 7.66. The summed E-state index contributed by atoms with van der Waals surface area (Å²) in [7, 11) is 3.30. The van der Waals surface area contributed by atoms with Crippen molar-refractivity contribution in [2.75, 3.05) is 6.61 Å². The maximum Gasteiger partial charge on any atom is 0.230 e. The van der Waals surface area contributed by atoms with Crippen LogP contribution in [0.2, 0.25) is 0 Å². The summed E-state index contributed by atoms with van der Waals surface area (Å²) in [6.07, 6.45) is 0.404. The molecule has 4 atom stereocenters. The van der Waals surface area contributed by atoms with Crippen LogP contribution in [0.4, 0.5) is 0 Å². The van der Waals surface area contributed by atoms with Crippen LogP contribution >= 0.6 is 0 Å². The Bertz CT molecular complexity index is 752. The molecule has 1 fully saturated rings. The predicted molar refractivity (Wildman–Crippen MR) is 102 cm³/mol. The molecule has 4 nitrogen and oxygen atoms in total. The van der Waals surface area contributed by atoms with E-state index in [1.807, 2.05) is 19.9 Å². The fourth-order valence-corrected chi connectivity index (χ4v) is 3.98. The van der Waals surface area contributed by atoms with Crippen molar-refractivity contribution in [3.05, 3.63) is 52.9 Å². The van der Waals surface area contributed by atoms with Crippen LogP contribution in [0.1, 0.15) is 54.9 Å². The minimum atomic E-state index is -0.964. The second-order valence-electron chi connectivity index (χ2n) is 7.66. The second kappa shape index (κ2) is 10.2. The van der Waals surface area contributed by atoms with Crippen molar-refractivity contribution in [3.63, 3.8) is 0 Å². The molecular formula is C22H28NO3Y-. The smallest absolute Gasteiger partial charge is 0.230 e. The Labute approximate surface area is 188 Å². The van der Waals surface area contributed by atoms with Gasteiger partial charge in [0.15, 0.2) is 0 Å². The Hall–Kier alpha value is -0.746. The molecular weight excluding hydrogens is 415 g/mol. The zero-order valence-electron chi connectivity index (χ0n) is 16.6. The molecule has 0 spiro atoms. The molecule has 0 heterocycles. The molecule has 1 saturated carbocycles. The van der Waals surface area contributed by atoms with Crippen molar-refractivity contribution in [2.24, 2.45) is 5.92 Å². The molecule has 2 N–H and O–H groups in total. The molecule has 2 rings (SSSR count). The van der Waals surface area contributed by atoms with Crippen molar-refractivity contribution in [2.45, 2.75) is 64.2 Å². The number of aliphatic hydroxyl groups is 2. The van der Waals surface area contributed by atoms with Gasteiger partial charge < -0.3 is 19.8 Å². The molecule has 1 aromatic rings. The van der Waals surface area contributed by atoms with Gasteiger partial charge in [-0.2, -0.15) is 0 Å². The number of rotatable bonds is 4. The van der Waals surface area contributed by atoms with Gasteiger partial charge in [0.2, 0.25) is 6.04 Å². The van der Waals surface area contributed by atoms with Gasteiger partial charge in [0, 0.05) is 51.5 Å². The van der Waals surface area contributed by atoms with Gasteiger partial charge in [-0.1, -0.05) is 18.1 Å². The average Bonchev–Trinajstić information content (AvgIpc) is 2.88. The van der Waals surface area contributed by atoms with Crippen LogP contribution in [0.3, 0.4) is 0 Å². The number of nitrogens with zero attached hydrogens (tertiary/aromatic N) is 1. The van der Waals surface area contributed by atoms with Gasteiger partial charge in [-0.25, -0.2) is 13.7 Å². The molecule has 1 aromatic carbocycles. The van der Waals surface area contributed by atoms with Crippen molar-refractivity contribution in [1.82, 2.24) is 0 Å². The fourth-order valence-electron chi connectivity index (χ4n) is 3.98. The van der Waals surface area contributed by atoms with E-state index in [-0.39, 0.29) is 57.2 Å². The summed E-state index contributed by atoms with van der Waals surface area (Å²) >= 11 is 0. The molecule has 1 radical (unpaired) electrons. The first-order valence-corrected chi connectivity index (χ1v) is 8.92. The first-order chi connectivity index (χ1) is 12.2. The van der Waals surface area contributed by atoms with Gasteiger partial charge in [-0.15, -0.1) is 5.92 Å². The van der Waals surface area contributed by atoms with Gasteiger partial charge in [-0.05, 0) is 49.9 Å². The van der Waals surface area contributed by atoms with Crippen molar-refractivity contribution >= 4 is 0 Å². The average molecular weight is 443 g/mol. The minimum Gasteiger partial charge on any atom is -0.546 e. The van der Waals surface area contributed by atoms with Gasteiger partial charge >= 0.3 is 0 Å². The molecule has 0 bridgehead atoms. The molecule has 0 amide bonds. The van der Waals surface area contributed by atoms with Crippen LogP contribution in [0.15, 0.2) is 12.1 Å². The van der Waals surface area contributed by atoms with Crippen molar-refractivity contribution in [3.8, 4) is 11.8 Å². The third-order valence-corrected chi connectivity index (χ3v) is 5.39. The summed E-state index contributed by atoms with van der Waals surface area (Å²) in [5.74, 6) is 5.75. The molecule has 27 heavy (non-hydrogen) atoms. The number of aryl methyl sites for hydroxylation is 1. The monoisotopic (exact) mass is 443 g/mol. The third kappa shape index (κ3) is 5.63. The Balaban J connectivity index is 0.00000364. The van der Waals surface area contributed by atoms with E-state index in [1.165, 1.54) is 0 Å². The van der Waals surface area contributed by atoms with Crippen LogP contribution in [0, 0.1) is 45.3 Å². The molecule has 1 aliphatic carbocycles. The SMILES string of the molecule is [C-]#[N+][C@@H]1C[C@@H](O)C(c2cc(C)c(C)c(C(C)(C)O)c2)C1CC#CCO[CH2-].[Y]. The zero-order valence-corrected chi connectivity index (χ0v) is 19.5. The quantitative estimate of drug-likeness (QED) is 0.554. The number of hydrogen-bond donors (Lipinski definition) is 2. The molecule has 2 unspecified atom stereocenters. The van der Waals surface area contributed by atoms with Gasteiger partial charge in [0.1, 0.15) is 0 Å². The third-order valence-electron chi connectivity index (χ3n) is 5.39. The Morgan fingerprint density at radius 2 is 2.00 bits per heavy atom. The zero-order chi connectivity index (χ0) is 19.5.